The van der Waals surface area contributed by atoms with E-state index in [-0.39, 0.29) is 12.3 Å². The fraction of sp³-hybridized carbons (Fsp3) is 0.103. The van der Waals surface area contributed by atoms with E-state index in [0.29, 0.717) is 0 Å². The molecule has 0 saturated carbocycles. The van der Waals surface area contributed by atoms with Crippen molar-refractivity contribution in [3.05, 3.63) is 120 Å². The van der Waals surface area contributed by atoms with Crippen molar-refractivity contribution >= 4 is 11.9 Å². The van der Waals surface area contributed by atoms with Gasteiger partial charge in [-0.2, -0.15) is 0 Å². The summed E-state index contributed by atoms with van der Waals surface area (Å²) in [5.41, 5.74) is 6.89. The zero-order chi connectivity index (χ0) is 22.8. The summed E-state index contributed by atoms with van der Waals surface area (Å²) in [6.07, 6.45) is 0.214. The summed E-state index contributed by atoms with van der Waals surface area (Å²) in [6.45, 7) is 0. The monoisotopic (exact) mass is 433 g/mol. The van der Waals surface area contributed by atoms with Crippen LogP contribution in [0, 0.1) is 0 Å². The Kier molecular flexibility index (Phi) is 5.49. The Morgan fingerprint density at radius 2 is 1.21 bits per heavy atom. The van der Waals surface area contributed by atoms with Crippen LogP contribution in [0.15, 0.2) is 103 Å². The number of carbonyl (C=O) groups excluding carboxylic acids is 1. The lowest BCUT2D eigenvalue weighted by molar-refractivity contribution is -0.141. The molecular formula is C29H23NO3. The Morgan fingerprint density at radius 3 is 1.79 bits per heavy atom. The Labute approximate surface area is 192 Å². The van der Waals surface area contributed by atoms with Crippen LogP contribution in [-0.2, 0) is 16.0 Å². The van der Waals surface area contributed by atoms with Crippen LogP contribution in [0.3, 0.4) is 0 Å². The van der Waals surface area contributed by atoms with Crippen LogP contribution in [0.1, 0.15) is 22.6 Å². The van der Waals surface area contributed by atoms with Gasteiger partial charge in [0.05, 0.1) is 5.92 Å². The minimum atomic E-state index is -1.05. The second-order valence-corrected chi connectivity index (χ2v) is 8.27. The summed E-state index contributed by atoms with van der Waals surface area (Å²) in [6, 6.07) is 32.4. The van der Waals surface area contributed by atoms with E-state index in [1.165, 1.54) is 0 Å². The van der Waals surface area contributed by atoms with Gasteiger partial charge < -0.3 is 10.4 Å². The molecule has 0 spiro atoms. The summed E-state index contributed by atoms with van der Waals surface area (Å²) in [4.78, 5) is 25.4. The number of fused-ring (bicyclic) bond motifs is 3. The molecule has 0 fully saturated rings. The number of carbonyl (C=O) groups is 2. The largest absolute Gasteiger partial charge is 0.480 e. The molecule has 4 heteroatoms. The lowest BCUT2D eigenvalue weighted by Crippen LogP contribution is -2.44. The molecule has 0 heterocycles. The van der Waals surface area contributed by atoms with E-state index in [1.54, 1.807) is 0 Å². The van der Waals surface area contributed by atoms with Gasteiger partial charge in [-0.3, -0.25) is 4.79 Å². The van der Waals surface area contributed by atoms with Crippen LogP contribution in [-0.4, -0.2) is 23.0 Å². The third-order valence-electron chi connectivity index (χ3n) is 6.21. The summed E-state index contributed by atoms with van der Waals surface area (Å²) >= 11 is 0. The van der Waals surface area contributed by atoms with Crippen LogP contribution < -0.4 is 5.32 Å². The standard InChI is InChI=1S/C29H23NO3/c31-28(27-24-12-6-4-10-22(24)23-11-5-7-13-25(23)27)30-26(29(32)33)18-19-14-16-21(17-15-19)20-8-2-1-3-9-20/h1-17,26-27H,18H2,(H,30,31)(H,32,33)/t26-/m0/s1. The Balaban J connectivity index is 1.36. The van der Waals surface area contributed by atoms with Crippen LogP contribution in [0.5, 0.6) is 0 Å². The minimum Gasteiger partial charge on any atom is -0.480 e. The van der Waals surface area contributed by atoms with E-state index >= 15 is 0 Å². The van der Waals surface area contributed by atoms with Crippen molar-refractivity contribution in [3.63, 3.8) is 0 Å². The van der Waals surface area contributed by atoms with Crippen molar-refractivity contribution in [1.82, 2.24) is 5.32 Å². The predicted octanol–water partition coefficient (Wildman–Crippen LogP) is 5.28. The topological polar surface area (TPSA) is 66.4 Å². The fourth-order valence-electron chi connectivity index (χ4n) is 4.59. The van der Waals surface area contributed by atoms with Gasteiger partial charge in [-0.05, 0) is 38.9 Å². The molecule has 4 nitrogen and oxygen atoms in total. The summed E-state index contributed by atoms with van der Waals surface area (Å²) in [7, 11) is 0. The molecule has 0 saturated heterocycles. The van der Waals surface area contributed by atoms with E-state index < -0.39 is 17.9 Å². The van der Waals surface area contributed by atoms with E-state index in [0.717, 1.165) is 38.9 Å². The molecule has 0 aromatic heterocycles. The fourth-order valence-corrected chi connectivity index (χ4v) is 4.59. The average molecular weight is 434 g/mol. The SMILES string of the molecule is O=C(N[C@@H](Cc1ccc(-c2ccccc2)cc1)C(=O)O)C1c2ccccc2-c2ccccc21. The Morgan fingerprint density at radius 1 is 0.697 bits per heavy atom. The maximum atomic E-state index is 13.3. The van der Waals surface area contributed by atoms with Gasteiger partial charge in [0.15, 0.2) is 0 Å². The first-order valence-corrected chi connectivity index (χ1v) is 11.0. The first-order chi connectivity index (χ1) is 16.1. The van der Waals surface area contributed by atoms with E-state index in [2.05, 4.69) is 5.32 Å². The van der Waals surface area contributed by atoms with Gasteiger partial charge in [0.2, 0.25) is 5.91 Å². The second kappa shape index (κ2) is 8.75. The normalized spacial score (nSPS) is 13.1. The van der Waals surface area contributed by atoms with E-state index in [9.17, 15) is 14.7 Å². The molecule has 5 rings (SSSR count). The van der Waals surface area contributed by atoms with Gasteiger partial charge in [-0.25, -0.2) is 4.79 Å². The molecule has 33 heavy (non-hydrogen) atoms. The molecule has 2 N–H and O–H groups in total. The van der Waals surface area contributed by atoms with Crippen molar-refractivity contribution in [2.24, 2.45) is 0 Å². The lowest BCUT2D eigenvalue weighted by atomic mass is 9.95. The maximum Gasteiger partial charge on any atom is 0.326 e. The van der Waals surface area contributed by atoms with Crippen LogP contribution in [0.25, 0.3) is 22.3 Å². The lowest BCUT2D eigenvalue weighted by Gasteiger charge is -2.19. The summed E-state index contributed by atoms with van der Waals surface area (Å²) in [5, 5.41) is 12.6. The number of carboxylic acid groups (broad SMARTS) is 1. The van der Waals surface area contributed by atoms with Gasteiger partial charge in [-0.1, -0.05) is 103 Å². The van der Waals surface area contributed by atoms with Gasteiger partial charge in [0.1, 0.15) is 6.04 Å². The Hall–Kier alpha value is -4.18. The zero-order valence-electron chi connectivity index (χ0n) is 17.9. The molecule has 0 aliphatic heterocycles. The average Bonchev–Trinajstić information content (AvgIpc) is 3.19. The van der Waals surface area contributed by atoms with Gasteiger partial charge >= 0.3 is 5.97 Å². The van der Waals surface area contributed by atoms with Crippen LogP contribution in [0.2, 0.25) is 0 Å². The number of hydrogen-bond donors (Lipinski definition) is 2. The number of rotatable bonds is 6. The molecule has 1 atom stereocenters. The highest BCUT2D eigenvalue weighted by molar-refractivity contribution is 5.97. The molecule has 162 valence electrons. The second-order valence-electron chi connectivity index (χ2n) is 8.27. The van der Waals surface area contributed by atoms with Crippen molar-refractivity contribution in [2.75, 3.05) is 0 Å². The molecule has 0 radical (unpaired) electrons. The predicted molar refractivity (Wildman–Crippen MR) is 129 cm³/mol. The molecule has 0 unspecified atom stereocenters. The smallest absolute Gasteiger partial charge is 0.326 e. The van der Waals surface area contributed by atoms with Crippen molar-refractivity contribution in [1.29, 1.82) is 0 Å². The van der Waals surface area contributed by atoms with E-state index in [4.69, 9.17) is 0 Å². The molecular weight excluding hydrogens is 410 g/mol. The van der Waals surface area contributed by atoms with Crippen molar-refractivity contribution < 1.29 is 14.7 Å². The number of aliphatic carboxylic acids is 1. The highest BCUT2D eigenvalue weighted by atomic mass is 16.4. The number of nitrogens with one attached hydrogen (secondary N) is 1. The maximum absolute atomic E-state index is 13.3. The van der Waals surface area contributed by atoms with Gasteiger partial charge in [0.25, 0.3) is 0 Å². The van der Waals surface area contributed by atoms with Crippen molar-refractivity contribution in [3.8, 4) is 22.3 Å². The van der Waals surface area contributed by atoms with Gasteiger partial charge in [0, 0.05) is 6.42 Å². The van der Waals surface area contributed by atoms with Gasteiger partial charge in [-0.15, -0.1) is 0 Å². The molecule has 4 aromatic rings. The molecule has 0 bridgehead atoms. The molecule has 1 aliphatic rings. The third-order valence-corrected chi connectivity index (χ3v) is 6.21. The number of carboxylic acids is 1. The first-order valence-electron chi connectivity index (χ1n) is 11.0. The quantitative estimate of drug-likeness (QED) is 0.435. The van der Waals surface area contributed by atoms with Crippen LogP contribution in [0.4, 0.5) is 0 Å². The summed E-state index contributed by atoms with van der Waals surface area (Å²) < 4.78 is 0. The minimum absolute atomic E-state index is 0.214. The number of amides is 1. The highest BCUT2D eigenvalue weighted by Crippen LogP contribution is 2.44. The number of hydrogen-bond acceptors (Lipinski definition) is 2. The Bertz CT molecular complexity index is 1270. The highest BCUT2D eigenvalue weighted by Gasteiger charge is 2.35. The third kappa shape index (κ3) is 4.03. The molecule has 1 amide bonds. The van der Waals surface area contributed by atoms with Crippen molar-refractivity contribution in [2.45, 2.75) is 18.4 Å². The van der Waals surface area contributed by atoms with Crippen LogP contribution >= 0.6 is 0 Å². The zero-order valence-corrected chi connectivity index (χ0v) is 17.9. The summed E-state index contributed by atoms with van der Waals surface area (Å²) in [5.74, 6) is -1.85. The first kappa shape index (κ1) is 20.7. The number of benzene rings is 4. The molecule has 1 aliphatic carbocycles. The van der Waals surface area contributed by atoms with E-state index in [1.807, 2.05) is 103 Å². The molecule has 4 aromatic carbocycles.